The maximum atomic E-state index is 12.5. The first-order valence-electron chi connectivity index (χ1n) is 8.61. The Balaban J connectivity index is 1.78. The quantitative estimate of drug-likeness (QED) is 0.683. The van der Waals surface area contributed by atoms with E-state index in [0.29, 0.717) is 23.3 Å². The predicted octanol–water partition coefficient (Wildman–Crippen LogP) is 3.42. The average Bonchev–Trinajstić information content (AvgIpc) is 2.67. The number of hydrogen-bond acceptors (Lipinski definition) is 4. The van der Waals surface area contributed by atoms with Crippen LogP contribution in [0.2, 0.25) is 0 Å². The van der Waals surface area contributed by atoms with Crippen LogP contribution in [0.25, 0.3) is 10.9 Å². The maximum Gasteiger partial charge on any atom is 0.255 e. The highest BCUT2D eigenvalue weighted by Gasteiger charge is 2.15. The van der Waals surface area contributed by atoms with Crippen molar-refractivity contribution in [2.24, 2.45) is 5.92 Å². The van der Waals surface area contributed by atoms with Gasteiger partial charge in [-0.25, -0.2) is 13.1 Å². The maximum absolute atomic E-state index is 12.5. The summed E-state index contributed by atoms with van der Waals surface area (Å²) in [5, 5.41) is 3.76. The van der Waals surface area contributed by atoms with Gasteiger partial charge in [-0.3, -0.25) is 9.78 Å². The van der Waals surface area contributed by atoms with E-state index in [2.05, 4.69) is 15.0 Å². The molecule has 0 saturated carbocycles. The van der Waals surface area contributed by atoms with Gasteiger partial charge in [0.05, 0.1) is 16.1 Å². The topological polar surface area (TPSA) is 88.2 Å². The number of para-hydroxylation sites is 1. The summed E-state index contributed by atoms with van der Waals surface area (Å²) in [6.45, 7) is 4.22. The van der Waals surface area contributed by atoms with Crippen LogP contribution in [0.5, 0.6) is 0 Å². The molecule has 27 heavy (non-hydrogen) atoms. The van der Waals surface area contributed by atoms with Crippen molar-refractivity contribution in [1.82, 2.24) is 9.71 Å². The molecular weight excluding hydrogens is 362 g/mol. The van der Waals surface area contributed by atoms with Gasteiger partial charge in [0.15, 0.2) is 0 Å². The fourth-order valence-corrected chi connectivity index (χ4v) is 3.76. The number of aromatic nitrogens is 1. The fourth-order valence-electron chi connectivity index (χ4n) is 2.54. The third kappa shape index (κ3) is 4.50. The number of sulfonamides is 1. The van der Waals surface area contributed by atoms with Crippen molar-refractivity contribution in [2.45, 2.75) is 18.7 Å². The standard InChI is InChI=1S/C20H21N3O3S/c1-14(2)13-22-27(25,26)17-10-8-16(9-11-17)20(24)23-18-7-3-5-15-6-4-12-21-19(15)18/h3-12,14,22H,13H2,1-2H3,(H,23,24). The third-order valence-electron chi connectivity index (χ3n) is 3.99. The van der Waals surface area contributed by atoms with E-state index in [4.69, 9.17) is 0 Å². The van der Waals surface area contributed by atoms with Crippen LogP contribution < -0.4 is 10.0 Å². The van der Waals surface area contributed by atoms with Crippen LogP contribution >= 0.6 is 0 Å². The number of hydrogen-bond donors (Lipinski definition) is 2. The number of carbonyl (C=O) groups excluding carboxylic acids is 1. The lowest BCUT2D eigenvalue weighted by Crippen LogP contribution is -2.27. The summed E-state index contributed by atoms with van der Waals surface area (Å²) in [5.74, 6) is -0.119. The number of nitrogens with zero attached hydrogens (tertiary/aromatic N) is 1. The fraction of sp³-hybridized carbons (Fsp3) is 0.200. The van der Waals surface area contributed by atoms with Gasteiger partial charge >= 0.3 is 0 Å². The van der Waals surface area contributed by atoms with Crippen molar-refractivity contribution in [3.05, 3.63) is 66.4 Å². The van der Waals surface area contributed by atoms with Crippen molar-refractivity contribution >= 4 is 32.5 Å². The zero-order valence-electron chi connectivity index (χ0n) is 15.1. The molecule has 2 aromatic carbocycles. The van der Waals surface area contributed by atoms with Gasteiger partial charge in [0.25, 0.3) is 5.91 Å². The largest absolute Gasteiger partial charge is 0.320 e. The molecule has 1 aromatic heterocycles. The van der Waals surface area contributed by atoms with Crippen LogP contribution in [0.3, 0.4) is 0 Å². The summed E-state index contributed by atoms with van der Waals surface area (Å²) in [6, 6.07) is 15.1. The molecule has 0 fully saturated rings. The molecule has 0 saturated heterocycles. The van der Waals surface area contributed by atoms with Crippen molar-refractivity contribution in [2.75, 3.05) is 11.9 Å². The van der Waals surface area contributed by atoms with E-state index in [1.807, 2.05) is 38.1 Å². The Labute approximate surface area is 158 Å². The monoisotopic (exact) mass is 383 g/mol. The van der Waals surface area contributed by atoms with Crippen molar-refractivity contribution in [3.63, 3.8) is 0 Å². The number of rotatable bonds is 6. The molecule has 1 heterocycles. The molecule has 0 unspecified atom stereocenters. The third-order valence-corrected chi connectivity index (χ3v) is 5.43. The Hall–Kier alpha value is -2.77. The highest BCUT2D eigenvalue weighted by Crippen LogP contribution is 2.21. The molecule has 3 rings (SSSR count). The summed E-state index contributed by atoms with van der Waals surface area (Å²) in [7, 11) is -3.58. The number of benzene rings is 2. The van der Waals surface area contributed by atoms with E-state index < -0.39 is 10.0 Å². The summed E-state index contributed by atoms with van der Waals surface area (Å²) in [6.07, 6.45) is 1.67. The second-order valence-electron chi connectivity index (χ2n) is 6.60. The van der Waals surface area contributed by atoms with Gasteiger partial charge in [-0.05, 0) is 42.3 Å². The predicted molar refractivity (Wildman–Crippen MR) is 106 cm³/mol. The Morgan fingerprint density at radius 1 is 1.04 bits per heavy atom. The van der Waals surface area contributed by atoms with E-state index in [-0.39, 0.29) is 16.7 Å². The van der Waals surface area contributed by atoms with Gasteiger partial charge in [0.2, 0.25) is 10.0 Å². The number of carbonyl (C=O) groups is 1. The second kappa shape index (κ2) is 7.85. The second-order valence-corrected chi connectivity index (χ2v) is 8.37. The first-order chi connectivity index (χ1) is 12.9. The van der Waals surface area contributed by atoms with E-state index in [1.165, 1.54) is 24.3 Å². The van der Waals surface area contributed by atoms with Crippen molar-refractivity contribution in [1.29, 1.82) is 0 Å². The Kier molecular flexibility index (Phi) is 5.53. The van der Waals surface area contributed by atoms with E-state index in [0.717, 1.165) is 5.39 Å². The molecule has 0 bridgehead atoms. The number of nitrogens with one attached hydrogen (secondary N) is 2. The summed E-state index contributed by atoms with van der Waals surface area (Å²) >= 11 is 0. The van der Waals surface area contributed by atoms with Gasteiger partial charge in [0.1, 0.15) is 0 Å². The minimum atomic E-state index is -3.58. The molecule has 3 aromatic rings. The lowest BCUT2D eigenvalue weighted by atomic mass is 10.1. The van der Waals surface area contributed by atoms with Crippen LogP contribution in [0, 0.1) is 5.92 Å². The van der Waals surface area contributed by atoms with Crippen molar-refractivity contribution in [3.8, 4) is 0 Å². The summed E-state index contributed by atoms with van der Waals surface area (Å²) < 4.78 is 27.0. The first kappa shape index (κ1) is 19.0. The molecule has 0 aliphatic rings. The van der Waals surface area contributed by atoms with Crippen LogP contribution in [0.15, 0.2) is 65.7 Å². The summed E-state index contributed by atoms with van der Waals surface area (Å²) in [5.41, 5.74) is 1.67. The first-order valence-corrected chi connectivity index (χ1v) is 10.1. The van der Waals surface area contributed by atoms with Crippen LogP contribution in [-0.4, -0.2) is 25.9 Å². The minimum Gasteiger partial charge on any atom is -0.320 e. The molecule has 2 N–H and O–H groups in total. The highest BCUT2D eigenvalue weighted by atomic mass is 32.2. The normalized spacial score (nSPS) is 11.7. The van der Waals surface area contributed by atoms with E-state index in [1.54, 1.807) is 12.3 Å². The molecule has 6 nitrogen and oxygen atoms in total. The van der Waals surface area contributed by atoms with E-state index in [9.17, 15) is 13.2 Å². The molecule has 7 heteroatoms. The minimum absolute atomic E-state index is 0.131. The van der Waals surface area contributed by atoms with Gasteiger partial charge in [-0.1, -0.05) is 32.0 Å². The molecule has 0 aliphatic carbocycles. The Morgan fingerprint density at radius 3 is 2.44 bits per heavy atom. The lowest BCUT2D eigenvalue weighted by molar-refractivity contribution is 0.102. The number of fused-ring (bicyclic) bond motifs is 1. The van der Waals surface area contributed by atoms with Crippen molar-refractivity contribution < 1.29 is 13.2 Å². The summed E-state index contributed by atoms with van der Waals surface area (Å²) in [4.78, 5) is 17.0. The highest BCUT2D eigenvalue weighted by molar-refractivity contribution is 7.89. The van der Waals surface area contributed by atoms with Gasteiger partial charge in [-0.2, -0.15) is 0 Å². The van der Waals surface area contributed by atoms with Gasteiger partial charge in [-0.15, -0.1) is 0 Å². The molecular formula is C20H21N3O3S. The number of anilines is 1. The van der Waals surface area contributed by atoms with Crippen LogP contribution in [0.4, 0.5) is 5.69 Å². The molecule has 0 radical (unpaired) electrons. The molecule has 0 atom stereocenters. The smallest absolute Gasteiger partial charge is 0.255 e. The SMILES string of the molecule is CC(C)CNS(=O)(=O)c1ccc(C(=O)Nc2cccc3cccnc23)cc1. The lowest BCUT2D eigenvalue weighted by Gasteiger charge is -2.10. The Bertz CT molecular complexity index is 1060. The molecule has 0 aliphatic heterocycles. The number of pyridine rings is 1. The molecule has 0 spiro atoms. The molecule has 140 valence electrons. The average molecular weight is 383 g/mol. The van der Waals surface area contributed by atoms with Crippen LogP contribution in [0.1, 0.15) is 24.2 Å². The van der Waals surface area contributed by atoms with Crippen LogP contribution in [-0.2, 0) is 10.0 Å². The zero-order chi connectivity index (χ0) is 19.4. The van der Waals surface area contributed by atoms with Gasteiger partial charge in [0, 0.05) is 23.7 Å². The van der Waals surface area contributed by atoms with E-state index >= 15 is 0 Å². The Morgan fingerprint density at radius 2 is 1.74 bits per heavy atom. The zero-order valence-corrected chi connectivity index (χ0v) is 16.0. The van der Waals surface area contributed by atoms with Gasteiger partial charge < -0.3 is 5.32 Å². The number of amides is 1. The molecule has 1 amide bonds.